The first-order chi connectivity index (χ1) is 15.6. The van der Waals surface area contributed by atoms with Crippen molar-refractivity contribution >= 4 is 5.97 Å². The number of para-hydroxylation sites is 2. The van der Waals surface area contributed by atoms with Gasteiger partial charge >= 0.3 is 5.97 Å². The Kier molecular flexibility index (Phi) is 6.91. The number of hydrogen-bond donors (Lipinski definition) is 0. The quantitative estimate of drug-likeness (QED) is 0.423. The number of hydrogen-bond acceptors (Lipinski definition) is 4. The molecule has 0 bridgehead atoms. The molecule has 3 aromatic rings. The average molecular weight is 430 g/mol. The fourth-order valence-corrected chi connectivity index (χ4v) is 4.65. The van der Waals surface area contributed by atoms with Gasteiger partial charge in [-0.25, -0.2) is 0 Å². The fraction of sp³-hybridized carbons (Fsp3) is 0.321. The van der Waals surface area contributed by atoms with Crippen LogP contribution in [0.5, 0.6) is 11.5 Å². The van der Waals surface area contributed by atoms with Gasteiger partial charge in [-0.2, -0.15) is 0 Å². The highest BCUT2D eigenvalue weighted by atomic mass is 16.5. The van der Waals surface area contributed by atoms with Gasteiger partial charge in [0.25, 0.3) is 0 Å². The molecule has 1 aliphatic heterocycles. The summed E-state index contributed by atoms with van der Waals surface area (Å²) in [5.41, 5.74) is 1.49. The SMILES string of the molecule is CCOC(=O)C1(c2ccccc2Oc2ccccc2)CCN(C(C)c2ccccc2)CC1. The number of rotatable bonds is 7. The lowest BCUT2D eigenvalue weighted by molar-refractivity contribution is -0.152. The monoisotopic (exact) mass is 429 g/mol. The first-order valence-corrected chi connectivity index (χ1v) is 11.4. The van der Waals surface area contributed by atoms with Gasteiger partial charge in [-0.3, -0.25) is 9.69 Å². The van der Waals surface area contributed by atoms with Gasteiger partial charge in [-0.15, -0.1) is 0 Å². The number of esters is 1. The lowest BCUT2D eigenvalue weighted by Crippen LogP contribution is -2.48. The van der Waals surface area contributed by atoms with Crippen molar-refractivity contribution in [3.63, 3.8) is 0 Å². The summed E-state index contributed by atoms with van der Waals surface area (Å²) in [6.45, 7) is 6.10. The maximum Gasteiger partial charge on any atom is 0.316 e. The molecule has 0 aliphatic carbocycles. The molecule has 0 spiro atoms. The maximum atomic E-state index is 13.4. The van der Waals surface area contributed by atoms with E-state index in [9.17, 15) is 4.79 Å². The molecule has 32 heavy (non-hydrogen) atoms. The number of likely N-dealkylation sites (tertiary alicyclic amines) is 1. The van der Waals surface area contributed by atoms with Crippen LogP contribution in [0.25, 0.3) is 0 Å². The van der Waals surface area contributed by atoms with Crippen LogP contribution in [-0.2, 0) is 14.9 Å². The van der Waals surface area contributed by atoms with Crippen molar-refractivity contribution in [3.05, 3.63) is 96.1 Å². The molecule has 4 nitrogen and oxygen atoms in total. The van der Waals surface area contributed by atoms with Gasteiger partial charge in [0, 0.05) is 24.7 Å². The molecule has 1 aliphatic rings. The van der Waals surface area contributed by atoms with Crippen LogP contribution in [0.2, 0.25) is 0 Å². The lowest BCUT2D eigenvalue weighted by atomic mass is 9.72. The fourth-order valence-electron chi connectivity index (χ4n) is 4.65. The molecule has 1 saturated heterocycles. The zero-order chi connectivity index (χ0) is 22.4. The zero-order valence-corrected chi connectivity index (χ0v) is 18.9. The van der Waals surface area contributed by atoms with Crippen molar-refractivity contribution in [2.75, 3.05) is 19.7 Å². The van der Waals surface area contributed by atoms with E-state index in [0.29, 0.717) is 25.5 Å². The Bertz CT molecular complexity index is 1010. The number of piperidine rings is 1. The van der Waals surface area contributed by atoms with Crippen LogP contribution in [0.1, 0.15) is 43.9 Å². The Morgan fingerprint density at radius 2 is 1.50 bits per heavy atom. The summed E-state index contributed by atoms with van der Waals surface area (Å²) < 4.78 is 11.9. The molecule has 4 heteroatoms. The highest BCUT2D eigenvalue weighted by molar-refractivity contribution is 5.84. The van der Waals surface area contributed by atoms with Crippen LogP contribution in [0.15, 0.2) is 84.9 Å². The van der Waals surface area contributed by atoms with Crippen LogP contribution < -0.4 is 4.74 Å². The molecular formula is C28H31NO3. The molecule has 1 heterocycles. The highest BCUT2D eigenvalue weighted by Gasteiger charge is 2.46. The third kappa shape index (κ3) is 4.56. The number of benzene rings is 3. The minimum Gasteiger partial charge on any atom is -0.465 e. The van der Waals surface area contributed by atoms with Gasteiger partial charge in [0.1, 0.15) is 11.5 Å². The van der Waals surface area contributed by atoms with Crippen molar-refractivity contribution in [3.8, 4) is 11.5 Å². The summed E-state index contributed by atoms with van der Waals surface area (Å²) in [7, 11) is 0. The Morgan fingerprint density at radius 3 is 2.16 bits per heavy atom. The van der Waals surface area contributed by atoms with Gasteiger partial charge in [-0.1, -0.05) is 66.7 Å². The van der Waals surface area contributed by atoms with Gasteiger partial charge in [0.05, 0.1) is 12.0 Å². The normalized spacial score (nSPS) is 16.8. The van der Waals surface area contributed by atoms with Crippen LogP contribution in [0, 0.1) is 0 Å². The summed E-state index contributed by atoms with van der Waals surface area (Å²) in [5.74, 6) is 1.32. The van der Waals surface area contributed by atoms with E-state index in [4.69, 9.17) is 9.47 Å². The van der Waals surface area contributed by atoms with Crippen LogP contribution in [0.4, 0.5) is 0 Å². The first kappa shape index (κ1) is 22.1. The lowest BCUT2D eigenvalue weighted by Gasteiger charge is -2.43. The van der Waals surface area contributed by atoms with Gasteiger partial charge in [-0.05, 0) is 50.5 Å². The zero-order valence-electron chi connectivity index (χ0n) is 18.9. The van der Waals surface area contributed by atoms with Crippen LogP contribution >= 0.6 is 0 Å². The van der Waals surface area contributed by atoms with Crippen molar-refractivity contribution in [1.82, 2.24) is 4.90 Å². The van der Waals surface area contributed by atoms with E-state index < -0.39 is 5.41 Å². The third-order valence-corrected chi connectivity index (χ3v) is 6.52. The Morgan fingerprint density at radius 1 is 0.906 bits per heavy atom. The average Bonchev–Trinajstić information content (AvgIpc) is 2.85. The number of ether oxygens (including phenoxy) is 2. The Hall–Kier alpha value is -3.11. The minimum absolute atomic E-state index is 0.156. The maximum absolute atomic E-state index is 13.4. The second-order valence-corrected chi connectivity index (χ2v) is 8.34. The van der Waals surface area contributed by atoms with Crippen LogP contribution in [-0.4, -0.2) is 30.6 Å². The highest BCUT2D eigenvalue weighted by Crippen LogP contribution is 2.43. The number of nitrogens with zero attached hydrogens (tertiary/aromatic N) is 1. The second-order valence-electron chi connectivity index (χ2n) is 8.34. The van der Waals surface area contributed by atoms with E-state index in [-0.39, 0.29) is 5.97 Å². The van der Waals surface area contributed by atoms with E-state index in [1.807, 2.05) is 67.6 Å². The molecule has 1 unspecified atom stereocenters. The topological polar surface area (TPSA) is 38.8 Å². The molecule has 3 aromatic carbocycles. The van der Waals surface area contributed by atoms with Gasteiger partial charge < -0.3 is 9.47 Å². The summed E-state index contributed by atoms with van der Waals surface area (Å²) in [6.07, 6.45) is 1.39. The smallest absolute Gasteiger partial charge is 0.316 e. The number of carbonyl (C=O) groups excluding carboxylic acids is 1. The second kappa shape index (κ2) is 10.0. The van der Waals surface area contributed by atoms with Gasteiger partial charge in [0.15, 0.2) is 0 Å². The Balaban J connectivity index is 1.63. The first-order valence-electron chi connectivity index (χ1n) is 11.4. The summed E-state index contributed by atoms with van der Waals surface area (Å²) in [6, 6.07) is 28.4. The summed E-state index contributed by atoms with van der Waals surface area (Å²) in [4.78, 5) is 15.8. The van der Waals surface area contributed by atoms with Crippen LogP contribution in [0.3, 0.4) is 0 Å². The van der Waals surface area contributed by atoms with Crippen molar-refractivity contribution in [1.29, 1.82) is 0 Å². The van der Waals surface area contributed by atoms with Crippen molar-refractivity contribution in [2.45, 2.75) is 38.1 Å². The molecule has 0 saturated carbocycles. The summed E-state index contributed by atoms with van der Waals surface area (Å²) >= 11 is 0. The van der Waals surface area contributed by atoms with E-state index in [0.717, 1.165) is 30.2 Å². The largest absolute Gasteiger partial charge is 0.465 e. The molecule has 0 radical (unpaired) electrons. The molecule has 1 fully saturated rings. The third-order valence-electron chi connectivity index (χ3n) is 6.52. The van der Waals surface area contributed by atoms with Gasteiger partial charge in [0.2, 0.25) is 0 Å². The van der Waals surface area contributed by atoms with E-state index >= 15 is 0 Å². The molecular weight excluding hydrogens is 398 g/mol. The predicted molar refractivity (Wildman–Crippen MR) is 127 cm³/mol. The molecule has 0 N–H and O–H groups in total. The van der Waals surface area contributed by atoms with Crippen molar-refractivity contribution in [2.24, 2.45) is 0 Å². The summed E-state index contributed by atoms with van der Waals surface area (Å²) in [5, 5.41) is 0. The number of carbonyl (C=O) groups is 1. The molecule has 1 atom stereocenters. The van der Waals surface area contributed by atoms with Crippen molar-refractivity contribution < 1.29 is 14.3 Å². The Labute approximate surface area is 190 Å². The predicted octanol–water partition coefficient (Wildman–Crippen LogP) is 6.14. The van der Waals surface area contributed by atoms with E-state index in [2.05, 4.69) is 36.1 Å². The molecule has 0 aromatic heterocycles. The minimum atomic E-state index is -0.714. The van der Waals surface area contributed by atoms with E-state index in [1.54, 1.807) is 0 Å². The standard InChI is InChI=1S/C28H31NO3/c1-3-31-27(30)28(18-20-29(21-19-28)22(2)23-12-6-4-7-13-23)25-16-10-11-17-26(25)32-24-14-8-5-9-15-24/h4-17,22H,3,18-21H2,1-2H3. The molecule has 4 rings (SSSR count). The van der Waals surface area contributed by atoms with E-state index in [1.165, 1.54) is 5.56 Å². The molecule has 166 valence electrons. The molecule has 0 amide bonds.